The van der Waals surface area contributed by atoms with Crippen molar-refractivity contribution in [1.82, 2.24) is 15.1 Å². The molecule has 1 N–H and O–H groups in total. The molecule has 2 aliphatic heterocycles. The molecular formula is C17H20FN3O2. The van der Waals surface area contributed by atoms with Crippen molar-refractivity contribution in [2.45, 2.75) is 44.3 Å². The van der Waals surface area contributed by atoms with E-state index in [1.165, 1.54) is 25.0 Å². The molecule has 3 heterocycles. The molecule has 0 radical (unpaired) electrons. The van der Waals surface area contributed by atoms with Crippen LogP contribution < -0.4 is 0 Å². The van der Waals surface area contributed by atoms with E-state index in [9.17, 15) is 9.50 Å². The van der Waals surface area contributed by atoms with Crippen molar-refractivity contribution >= 4 is 0 Å². The molecule has 0 amide bonds. The summed E-state index contributed by atoms with van der Waals surface area (Å²) < 4.78 is 19.0. The van der Waals surface area contributed by atoms with Crippen molar-refractivity contribution in [2.75, 3.05) is 6.61 Å². The minimum Gasteiger partial charge on any atom is -0.419 e. The van der Waals surface area contributed by atoms with Gasteiger partial charge in [0, 0.05) is 24.3 Å². The highest BCUT2D eigenvalue weighted by Crippen LogP contribution is 2.39. The molecule has 2 aliphatic rings. The minimum absolute atomic E-state index is 0.283. The minimum atomic E-state index is -0.314. The Hall–Kier alpha value is -1.79. The van der Waals surface area contributed by atoms with Crippen molar-refractivity contribution < 1.29 is 13.9 Å². The van der Waals surface area contributed by atoms with E-state index in [1.54, 1.807) is 12.1 Å². The molecule has 5 nitrogen and oxygen atoms in total. The topological polar surface area (TPSA) is 62.4 Å². The van der Waals surface area contributed by atoms with Crippen LogP contribution in [0.15, 0.2) is 28.7 Å². The van der Waals surface area contributed by atoms with E-state index in [4.69, 9.17) is 4.42 Å². The fourth-order valence-electron chi connectivity index (χ4n) is 4.01. The van der Waals surface area contributed by atoms with Gasteiger partial charge in [0.25, 0.3) is 0 Å². The third-order valence-corrected chi connectivity index (χ3v) is 5.10. The summed E-state index contributed by atoms with van der Waals surface area (Å²) in [5, 5.41) is 17.6. The van der Waals surface area contributed by atoms with Crippen molar-refractivity contribution in [3.05, 3.63) is 36.0 Å². The number of hydrogen-bond donors (Lipinski definition) is 1. The number of fused-ring (bicyclic) bond motifs is 2. The molecule has 23 heavy (non-hydrogen) atoms. The molecule has 1 unspecified atom stereocenters. The van der Waals surface area contributed by atoms with Gasteiger partial charge in [-0.2, -0.15) is 0 Å². The lowest BCUT2D eigenvalue weighted by Gasteiger charge is -2.37. The van der Waals surface area contributed by atoms with Crippen LogP contribution in [0.3, 0.4) is 0 Å². The largest absolute Gasteiger partial charge is 0.419 e. The molecule has 3 atom stereocenters. The van der Waals surface area contributed by atoms with Gasteiger partial charge in [0.2, 0.25) is 11.8 Å². The van der Waals surface area contributed by atoms with Crippen LogP contribution in [0.5, 0.6) is 0 Å². The average molecular weight is 317 g/mol. The maximum absolute atomic E-state index is 13.3. The van der Waals surface area contributed by atoms with Crippen LogP contribution in [0.1, 0.15) is 31.6 Å². The Kier molecular flexibility index (Phi) is 3.87. The van der Waals surface area contributed by atoms with Gasteiger partial charge < -0.3 is 9.52 Å². The number of piperidine rings is 1. The highest BCUT2D eigenvalue weighted by atomic mass is 19.1. The van der Waals surface area contributed by atoms with Gasteiger partial charge in [0.05, 0.1) is 6.54 Å². The van der Waals surface area contributed by atoms with E-state index in [2.05, 4.69) is 15.1 Å². The number of nitrogens with zero attached hydrogens (tertiary/aromatic N) is 3. The normalized spacial score (nSPS) is 27.5. The summed E-state index contributed by atoms with van der Waals surface area (Å²) in [5.41, 5.74) is 0.603. The first-order chi connectivity index (χ1) is 11.2. The Morgan fingerprint density at radius 3 is 2.70 bits per heavy atom. The molecule has 6 heteroatoms. The second-order valence-corrected chi connectivity index (χ2v) is 6.59. The van der Waals surface area contributed by atoms with Crippen LogP contribution >= 0.6 is 0 Å². The van der Waals surface area contributed by atoms with Crippen molar-refractivity contribution in [1.29, 1.82) is 0 Å². The summed E-state index contributed by atoms with van der Waals surface area (Å²) in [6.45, 7) is 0.918. The zero-order chi connectivity index (χ0) is 15.8. The lowest BCUT2D eigenvalue weighted by Crippen LogP contribution is -2.43. The van der Waals surface area contributed by atoms with Gasteiger partial charge in [-0.15, -0.1) is 10.2 Å². The number of rotatable bonds is 4. The monoisotopic (exact) mass is 317 g/mol. The maximum atomic E-state index is 13.3. The van der Waals surface area contributed by atoms with E-state index in [0.717, 1.165) is 12.8 Å². The van der Waals surface area contributed by atoms with Crippen LogP contribution in [0.4, 0.5) is 4.39 Å². The summed E-state index contributed by atoms with van der Waals surface area (Å²) in [6, 6.07) is 7.17. The molecule has 0 spiro atoms. The fourth-order valence-corrected chi connectivity index (χ4v) is 4.01. The van der Waals surface area contributed by atoms with Crippen LogP contribution in [-0.2, 0) is 6.54 Å². The van der Waals surface area contributed by atoms with Gasteiger partial charge in [-0.3, -0.25) is 4.90 Å². The smallest absolute Gasteiger partial charge is 0.247 e. The first-order valence-electron chi connectivity index (χ1n) is 8.18. The third-order valence-electron chi connectivity index (χ3n) is 5.10. The Morgan fingerprint density at radius 1 is 1.22 bits per heavy atom. The predicted molar refractivity (Wildman–Crippen MR) is 81.9 cm³/mol. The molecule has 2 saturated heterocycles. The van der Waals surface area contributed by atoms with Crippen LogP contribution in [0, 0.1) is 11.7 Å². The molecule has 122 valence electrons. The van der Waals surface area contributed by atoms with E-state index in [0.29, 0.717) is 41.9 Å². The van der Waals surface area contributed by atoms with E-state index < -0.39 is 0 Å². The van der Waals surface area contributed by atoms with Crippen LogP contribution in [0.25, 0.3) is 11.5 Å². The molecule has 0 aliphatic carbocycles. The van der Waals surface area contributed by atoms with Crippen molar-refractivity contribution in [3.8, 4) is 11.5 Å². The molecule has 1 aromatic heterocycles. The summed E-state index contributed by atoms with van der Waals surface area (Å²) in [5.74, 6) is 1.04. The summed E-state index contributed by atoms with van der Waals surface area (Å²) in [7, 11) is 0. The maximum Gasteiger partial charge on any atom is 0.247 e. The lowest BCUT2D eigenvalue weighted by molar-refractivity contribution is 0.0620. The Bertz CT molecular complexity index is 676. The highest BCUT2D eigenvalue weighted by molar-refractivity contribution is 5.52. The Balaban J connectivity index is 1.48. The third kappa shape index (κ3) is 2.88. The fraction of sp³-hybridized carbons (Fsp3) is 0.529. The zero-order valence-electron chi connectivity index (χ0n) is 12.9. The van der Waals surface area contributed by atoms with Crippen LogP contribution in [-0.4, -0.2) is 38.9 Å². The number of aliphatic hydroxyl groups excluding tert-OH is 1. The molecule has 2 bridgehead atoms. The summed E-state index contributed by atoms with van der Waals surface area (Å²) >= 11 is 0. The highest BCUT2D eigenvalue weighted by Gasteiger charge is 2.40. The Labute approximate surface area is 134 Å². The van der Waals surface area contributed by atoms with Gasteiger partial charge in [-0.25, -0.2) is 4.39 Å². The summed E-state index contributed by atoms with van der Waals surface area (Å²) in [6.07, 6.45) is 4.42. The van der Waals surface area contributed by atoms with E-state index in [-0.39, 0.29) is 12.4 Å². The Morgan fingerprint density at radius 2 is 2.00 bits per heavy atom. The second-order valence-electron chi connectivity index (χ2n) is 6.59. The summed E-state index contributed by atoms with van der Waals surface area (Å²) in [4.78, 5) is 2.43. The number of aromatic nitrogens is 2. The van der Waals surface area contributed by atoms with Crippen molar-refractivity contribution in [2.24, 2.45) is 5.92 Å². The van der Waals surface area contributed by atoms with Gasteiger partial charge in [0.1, 0.15) is 5.82 Å². The lowest BCUT2D eigenvalue weighted by atomic mass is 9.91. The van der Waals surface area contributed by atoms with Crippen LogP contribution in [0.2, 0.25) is 0 Å². The zero-order valence-corrected chi connectivity index (χ0v) is 12.9. The standard InChI is InChI=1S/C17H20FN3O2/c18-13-3-1-2-12(8-13)17-20-19-16(23-17)9-21-14-4-5-15(21)7-11(6-14)10-22/h1-3,8,11,14-15,22H,4-7,9-10H2/t11?,14-,15+. The molecule has 2 fully saturated rings. The SMILES string of the molecule is OCC1C[C@H]2CC[C@@H](C1)N2Cc1nnc(-c2cccc(F)c2)o1. The molecular weight excluding hydrogens is 297 g/mol. The first kappa shape index (κ1) is 14.8. The number of hydrogen-bond acceptors (Lipinski definition) is 5. The average Bonchev–Trinajstić information content (AvgIpc) is 3.10. The molecule has 2 aromatic rings. The molecule has 4 rings (SSSR count). The van der Waals surface area contributed by atoms with E-state index >= 15 is 0 Å². The molecule has 1 aromatic carbocycles. The second kappa shape index (κ2) is 6.02. The number of aliphatic hydroxyl groups is 1. The quantitative estimate of drug-likeness (QED) is 0.939. The van der Waals surface area contributed by atoms with Crippen molar-refractivity contribution in [3.63, 3.8) is 0 Å². The molecule has 0 saturated carbocycles. The number of halogens is 1. The number of benzene rings is 1. The van der Waals surface area contributed by atoms with E-state index in [1.807, 2.05) is 0 Å². The first-order valence-corrected chi connectivity index (χ1v) is 8.18. The van der Waals surface area contributed by atoms with Gasteiger partial charge in [-0.05, 0) is 49.8 Å². The van der Waals surface area contributed by atoms with Gasteiger partial charge in [-0.1, -0.05) is 6.07 Å². The predicted octanol–water partition coefficient (Wildman–Crippen LogP) is 2.61. The van der Waals surface area contributed by atoms with Gasteiger partial charge >= 0.3 is 0 Å². The van der Waals surface area contributed by atoms with Gasteiger partial charge in [0.15, 0.2) is 0 Å².